The quantitative estimate of drug-likeness (QED) is 0.0195. The summed E-state index contributed by atoms with van der Waals surface area (Å²) in [6.45, 7) is 4.52. The highest BCUT2D eigenvalue weighted by Gasteiger charge is 2.22. The first-order valence-corrected chi connectivity index (χ1v) is 36.0. The smallest absolute Gasteiger partial charge is 0.306 e. The molecule has 0 aromatic carbocycles. The molecular formula is C80H133NO8. The average molecular weight is 1240 g/mol. The van der Waals surface area contributed by atoms with Gasteiger partial charge in [-0.25, -0.2) is 0 Å². The number of allylic oxidation sites excluding steroid dienone is 24. The van der Waals surface area contributed by atoms with Crippen molar-refractivity contribution in [2.24, 2.45) is 0 Å². The summed E-state index contributed by atoms with van der Waals surface area (Å²) in [4.78, 5) is 37.5. The lowest BCUT2D eigenvalue weighted by Gasteiger charge is -2.26. The van der Waals surface area contributed by atoms with E-state index in [2.05, 4.69) is 160 Å². The summed E-state index contributed by atoms with van der Waals surface area (Å²) in [6, 6.07) is 0. The van der Waals surface area contributed by atoms with E-state index in [1.165, 1.54) is 122 Å². The number of ether oxygens (including phenoxy) is 4. The van der Waals surface area contributed by atoms with Crippen LogP contribution in [0.25, 0.3) is 0 Å². The highest BCUT2D eigenvalue weighted by atomic mass is 16.7. The summed E-state index contributed by atoms with van der Waals surface area (Å²) in [7, 11) is 5.92. The molecule has 0 fully saturated rings. The predicted octanol–water partition coefficient (Wildman–Crippen LogP) is 21.4. The standard InChI is InChI=1S/C80H133NO8/c1-6-8-10-12-14-16-18-20-22-24-26-28-30-32-34-35-36-37-38-39-40-41-42-43-45-47-49-51-53-55-57-59-61-63-65-67-69-71-78(83)89-76(75-88-80(79(84)85)86-73-72-81(3,4)5)74-87-77(82)70-68-66-64-62-60-58-56-54-52-50-48-46-44-33-31-29-27-25-23-21-19-17-15-13-11-9-7-2/h8-11,14-17,20-23,26-29,32-34,36-37,44,48,50,76,80H,6-7,12-13,18-19,24-25,30-31,35,38-43,45-47,49,51-75H2,1-5H3/b10-8-,11-9-,16-14-,17-15-,22-20-,23-21-,28-26-,29-27-,34-32-,37-36-,44-33-,50-48-. The van der Waals surface area contributed by atoms with Crippen molar-refractivity contribution in [3.63, 3.8) is 0 Å². The fourth-order valence-electron chi connectivity index (χ4n) is 9.66. The molecule has 0 saturated carbocycles. The molecule has 0 radical (unpaired) electrons. The van der Waals surface area contributed by atoms with Gasteiger partial charge in [0, 0.05) is 12.8 Å². The number of aliphatic carboxylic acids is 1. The molecule has 9 heteroatoms. The first-order valence-electron chi connectivity index (χ1n) is 36.0. The number of quaternary nitrogens is 1. The number of rotatable bonds is 65. The predicted molar refractivity (Wildman–Crippen MR) is 379 cm³/mol. The van der Waals surface area contributed by atoms with Crippen molar-refractivity contribution in [3.05, 3.63) is 146 Å². The molecule has 506 valence electrons. The van der Waals surface area contributed by atoms with Crippen LogP contribution in [0.3, 0.4) is 0 Å². The summed E-state index contributed by atoms with van der Waals surface area (Å²) in [5.41, 5.74) is 0. The van der Waals surface area contributed by atoms with E-state index >= 15 is 0 Å². The summed E-state index contributed by atoms with van der Waals surface area (Å²) in [6.07, 6.45) is 97.9. The van der Waals surface area contributed by atoms with Crippen LogP contribution in [0, 0.1) is 0 Å². The average Bonchev–Trinajstić information content (AvgIpc) is 3.70. The summed E-state index contributed by atoms with van der Waals surface area (Å²) in [5.74, 6) is -2.30. The zero-order valence-corrected chi connectivity index (χ0v) is 57.8. The van der Waals surface area contributed by atoms with Gasteiger partial charge in [0.25, 0.3) is 0 Å². The second-order valence-electron chi connectivity index (χ2n) is 24.8. The summed E-state index contributed by atoms with van der Waals surface area (Å²) in [5, 5.41) is 11.8. The van der Waals surface area contributed by atoms with Crippen LogP contribution in [-0.4, -0.2) is 82.3 Å². The van der Waals surface area contributed by atoms with Gasteiger partial charge in [-0.2, -0.15) is 0 Å². The van der Waals surface area contributed by atoms with E-state index < -0.39 is 24.3 Å². The summed E-state index contributed by atoms with van der Waals surface area (Å²) >= 11 is 0. The van der Waals surface area contributed by atoms with Crippen molar-refractivity contribution in [2.45, 2.75) is 296 Å². The number of nitrogens with zero attached hydrogens (tertiary/aromatic N) is 1. The molecule has 0 aliphatic heterocycles. The number of esters is 2. The highest BCUT2D eigenvalue weighted by molar-refractivity contribution is 5.70. The van der Waals surface area contributed by atoms with E-state index in [1.807, 2.05) is 21.1 Å². The van der Waals surface area contributed by atoms with Crippen molar-refractivity contribution in [1.29, 1.82) is 0 Å². The van der Waals surface area contributed by atoms with Crippen LogP contribution in [-0.2, 0) is 33.3 Å². The SMILES string of the molecule is CC/C=C\C/C=C\C/C=C\C/C=C\C/C=C\C/C=C\CCCCCCCCCCCCCCCCCCCCC(=O)OC(COC(=O)CCCCCCCCCC/C=C\C/C=C\C/C=C\C/C=C\C/C=C\C/C=C\CC)COC(OCC[N+](C)(C)C)C(=O)[O-]. The Kier molecular flexibility index (Phi) is 65.3. The third-order valence-electron chi connectivity index (χ3n) is 15.1. The third-order valence-corrected chi connectivity index (χ3v) is 15.1. The molecule has 0 bridgehead atoms. The number of carbonyl (C=O) groups is 3. The molecule has 0 aliphatic rings. The Balaban J connectivity index is 4.12. The van der Waals surface area contributed by atoms with Gasteiger partial charge in [0.2, 0.25) is 0 Å². The molecule has 0 rings (SSSR count). The summed E-state index contributed by atoms with van der Waals surface area (Å²) < 4.78 is 22.8. The molecule has 0 aromatic rings. The van der Waals surface area contributed by atoms with Crippen molar-refractivity contribution < 1.29 is 42.9 Å². The number of likely N-dealkylation sites (N-methyl/N-ethyl adjacent to an activating group) is 1. The van der Waals surface area contributed by atoms with Gasteiger partial charge in [0.15, 0.2) is 12.4 Å². The molecule has 89 heavy (non-hydrogen) atoms. The minimum Gasteiger partial charge on any atom is -0.545 e. The van der Waals surface area contributed by atoms with E-state index in [1.54, 1.807) is 0 Å². The minimum atomic E-state index is -1.63. The molecule has 0 aromatic heterocycles. The largest absolute Gasteiger partial charge is 0.545 e. The van der Waals surface area contributed by atoms with Gasteiger partial charge in [-0.3, -0.25) is 9.59 Å². The maximum absolute atomic E-state index is 12.9. The zero-order chi connectivity index (χ0) is 64.7. The van der Waals surface area contributed by atoms with Crippen LogP contribution >= 0.6 is 0 Å². The maximum Gasteiger partial charge on any atom is 0.306 e. The number of hydrogen-bond donors (Lipinski definition) is 0. The van der Waals surface area contributed by atoms with E-state index in [4.69, 9.17) is 18.9 Å². The normalized spacial score (nSPS) is 13.6. The second kappa shape index (κ2) is 69.1. The van der Waals surface area contributed by atoms with Gasteiger partial charge < -0.3 is 33.3 Å². The van der Waals surface area contributed by atoms with Gasteiger partial charge in [0.05, 0.1) is 40.3 Å². The zero-order valence-electron chi connectivity index (χ0n) is 57.8. The molecule has 0 saturated heterocycles. The third kappa shape index (κ3) is 70.5. The molecule has 0 spiro atoms. The van der Waals surface area contributed by atoms with Crippen molar-refractivity contribution in [2.75, 3.05) is 47.5 Å². The lowest BCUT2D eigenvalue weighted by Crippen LogP contribution is -2.44. The Morgan fingerprint density at radius 1 is 0.337 bits per heavy atom. The number of carboxylic acids is 1. The molecule has 0 aliphatic carbocycles. The van der Waals surface area contributed by atoms with E-state index in [0.717, 1.165) is 128 Å². The number of carbonyl (C=O) groups excluding carboxylic acids is 3. The fraction of sp³-hybridized carbons (Fsp3) is 0.662. The fourth-order valence-corrected chi connectivity index (χ4v) is 9.66. The second-order valence-corrected chi connectivity index (χ2v) is 24.8. The van der Waals surface area contributed by atoms with Crippen LogP contribution in [0.2, 0.25) is 0 Å². The van der Waals surface area contributed by atoms with Crippen molar-refractivity contribution in [1.82, 2.24) is 0 Å². The van der Waals surface area contributed by atoms with E-state index in [-0.39, 0.29) is 38.6 Å². The topological polar surface area (TPSA) is 111 Å². The van der Waals surface area contributed by atoms with Crippen LogP contribution in [0.15, 0.2) is 146 Å². The van der Waals surface area contributed by atoms with E-state index in [9.17, 15) is 19.5 Å². The van der Waals surface area contributed by atoms with Crippen LogP contribution in [0.5, 0.6) is 0 Å². The minimum absolute atomic E-state index is 0.141. The van der Waals surface area contributed by atoms with Crippen molar-refractivity contribution >= 4 is 17.9 Å². The molecular weight excluding hydrogens is 1100 g/mol. The van der Waals surface area contributed by atoms with Gasteiger partial charge >= 0.3 is 11.9 Å². The van der Waals surface area contributed by atoms with E-state index in [0.29, 0.717) is 17.4 Å². The Morgan fingerprint density at radius 3 is 0.899 bits per heavy atom. The molecule has 2 atom stereocenters. The number of unbranched alkanes of at least 4 members (excludes halogenated alkanes) is 26. The molecule has 0 amide bonds. The molecule has 2 unspecified atom stereocenters. The Bertz CT molecular complexity index is 1970. The lowest BCUT2D eigenvalue weighted by atomic mass is 10.0. The Morgan fingerprint density at radius 2 is 0.607 bits per heavy atom. The number of hydrogen-bond acceptors (Lipinski definition) is 8. The number of carboxylic acid groups (broad SMARTS) is 1. The monoisotopic (exact) mass is 1240 g/mol. The van der Waals surface area contributed by atoms with Gasteiger partial charge in [0.1, 0.15) is 13.2 Å². The van der Waals surface area contributed by atoms with Crippen LogP contribution < -0.4 is 5.11 Å². The molecule has 0 N–H and O–H groups in total. The van der Waals surface area contributed by atoms with Crippen LogP contribution in [0.1, 0.15) is 284 Å². The Hall–Kier alpha value is -4.83. The first-order chi connectivity index (χ1) is 43.6. The van der Waals surface area contributed by atoms with Gasteiger partial charge in [-0.1, -0.05) is 301 Å². The maximum atomic E-state index is 12.9. The first kappa shape index (κ1) is 84.2. The lowest BCUT2D eigenvalue weighted by molar-refractivity contribution is -0.870. The Labute approximate surface area is 547 Å². The van der Waals surface area contributed by atoms with Crippen molar-refractivity contribution in [3.8, 4) is 0 Å². The van der Waals surface area contributed by atoms with Gasteiger partial charge in [-0.05, 0) is 116 Å². The molecule has 0 heterocycles. The van der Waals surface area contributed by atoms with Crippen LogP contribution in [0.4, 0.5) is 0 Å². The van der Waals surface area contributed by atoms with Gasteiger partial charge in [-0.15, -0.1) is 0 Å². The highest BCUT2D eigenvalue weighted by Crippen LogP contribution is 2.17. The molecule has 9 nitrogen and oxygen atoms in total.